The van der Waals surface area contributed by atoms with Crippen LogP contribution in [0.2, 0.25) is 0 Å². The number of hydrogen-bond donors (Lipinski definition) is 0. The third-order valence-corrected chi connectivity index (χ3v) is 16.3. The predicted molar refractivity (Wildman–Crippen MR) is 342 cm³/mol. The van der Waals surface area contributed by atoms with E-state index in [1.54, 1.807) is 24.3 Å². The number of furan rings is 1. The molecule has 0 atom stereocenters. The first kappa shape index (κ1) is 41.2. The zero-order valence-electron chi connectivity index (χ0n) is 57.1. The molecule has 0 aliphatic carbocycles. The van der Waals surface area contributed by atoms with E-state index in [-0.39, 0.29) is 59.9 Å². The molecule has 0 N–H and O–H groups in total. The number of fused-ring (bicyclic) bond motifs is 13. The molecule has 1 aliphatic rings. The van der Waals surface area contributed by atoms with Crippen LogP contribution in [0.3, 0.4) is 0 Å². The van der Waals surface area contributed by atoms with Crippen molar-refractivity contribution in [3.63, 3.8) is 0 Å². The molecule has 7 heteroatoms. The summed E-state index contributed by atoms with van der Waals surface area (Å²) in [4.78, 5) is 4.89. The van der Waals surface area contributed by atoms with Crippen LogP contribution in [0.25, 0.3) is 139 Å². The van der Waals surface area contributed by atoms with Crippen molar-refractivity contribution < 1.29 is 49.9 Å². The molecule has 0 radical (unpaired) electrons. The Morgan fingerprint density at radius 3 is 2.02 bits per heavy atom. The van der Waals surface area contributed by atoms with Crippen LogP contribution in [0.4, 0.5) is 0 Å². The first-order chi connectivity index (χ1) is 45.6. The third-order valence-electron chi connectivity index (χ3n) is 16.3. The largest absolute Gasteiger partial charge is 0.510 e. The molecule has 410 valence electrons. The van der Waals surface area contributed by atoms with Gasteiger partial charge in [-0.3, -0.25) is 4.57 Å². The number of ether oxygens (including phenoxy) is 1. The fourth-order valence-corrected chi connectivity index (χ4v) is 12.4. The van der Waals surface area contributed by atoms with E-state index in [4.69, 9.17) is 26.5 Å². The van der Waals surface area contributed by atoms with E-state index in [9.17, 15) is 2.74 Å². The number of imidazole rings is 1. The van der Waals surface area contributed by atoms with Crippen molar-refractivity contribution in [2.24, 2.45) is 0 Å². The summed E-state index contributed by atoms with van der Waals surface area (Å²) in [6, 6.07) is 67.6. The van der Waals surface area contributed by atoms with Gasteiger partial charge in [-0.25, -0.2) is 4.98 Å². The zero-order valence-corrected chi connectivity index (χ0v) is 48.3. The number of hydrogen-bond acceptors (Lipinski definition) is 3. The second-order valence-corrected chi connectivity index (χ2v) is 22.3. The Morgan fingerprint density at radius 1 is 0.529 bits per heavy atom. The minimum Gasteiger partial charge on any atom is -0.510 e. The summed E-state index contributed by atoms with van der Waals surface area (Å²) in [6.07, 6.45) is 5.61. The molecule has 0 saturated carbocycles. The fraction of sp³-hybridized carbons (Fsp3) is 0.0769. The van der Waals surface area contributed by atoms with Gasteiger partial charge < -0.3 is 18.3 Å². The van der Waals surface area contributed by atoms with Crippen LogP contribution in [0.1, 0.15) is 52.5 Å². The van der Waals surface area contributed by atoms with Crippen molar-refractivity contribution in [1.82, 2.24) is 14.1 Å². The molecular weight excluding hydrogens is 1220 g/mol. The summed E-state index contributed by atoms with van der Waals surface area (Å²) >= 11 is 0. The number of para-hydroxylation sites is 3. The van der Waals surface area contributed by atoms with Gasteiger partial charge in [0.2, 0.25) is 0 Å². The van der Waals surface area contributed by atoms with Crippen molar-refractivity contribution in [2.75, 3.05) is 0 Å². The molecule has 11 aromatic carbocycles. The normalized spacial score (nSPS) is 14.1. The summed E-state index contributed by atoms with van der Waals surface area (Å²) in [5.74, 6) is 1.49. The van der Waals surface area contributed by atoms with Gasteiger partial charge in [0.05, 0.1) is 23.6 Å². The predicted octanol–water partition coefficient (Wildman–Crippen LogP) is 19.7. The Morgan fingerprint density at radius 2 is 1.21 bits per heavy atom. The van der Waals surface area contributed by atoms with E-state index in [1.807, 2.05) is 137 Å². The van der Waals surface area contributed by atoms with Gasteiger partial charge in [0.15, 0.2) is 0 Å². The Hall–Kier alpha value is -9.87. The van der Waals surface area contributed by atoms with Crippen LogP contribution in [0.15, 0.2) is 241 Å². The van der Waals surface area contributed by atoms with Gasteiger partial charge >= 0.3 is 0 Å². The molecule has 5 heterocycles. The number of nitrogens with zero attached hydrogens (tertiary/aromatic N) is 4. The Bertz CT molecular complexity index is 5700. The molecular formula is C78H54N4O2Pt-2. The van der Waals surface area contributed by atoms with Gasteiger partial charge in [0.1, 0.15) is 17.0 Å². The minimum absolute atomic E-state index is 0. The summed E-state index contributed by atoms with van der Waals surface area (Å²) in [7, 11) is 0. The Labute approximate surface area is 523 Å². The smallest absolute Gasteiger partial charge is 0.268 e. The summed E-state index contributed by atoms with van der Waals surface area (Å²) in [5.41, 5.74) is 11.3. The number of rotatable bonds is 7. The second kappa shape index (κ2) is 20.2. The number of aromatic nitrogens is 4. The molecule has 0 spiro atoms. The molecule has 16 rings (SSSR count). The van der Waals surface area contributed by atoms with E-state index in [1.165, 1.54) is 18.2 Å². The van der Waals surface area contributed by atoms with Crippen LogP contribution in [-0.2, 0) is 26.5 Å². The molecule has 6 nitrogen and oxygen atoms in total. The summed E-state index contributed by atoms with van der Waals surface area (Å²) < 4.78 is 119. The average molecular weight is 1290 g/mol. The van der Waals surface area contributed by atoms with Crippen LogP contribution in [0.5, 0.6) is 11.5 Å². The Kier molecular flexibility index (Phi) is 9.78. The molecule has 0 saturated heterocycles. The van der Waals surface area contributed by atoms with Crippen molar-refractivity contribution in [1.29, 1.82) is 0 Å². The van der Waals surface area contributed by atoms with E-state index in [2.05, 4.69) is 80.2 Å². The minimum atomic E-state index is -2.84. The van der Waals surface area contributed by atoms with Gasteiger partial charge in [0.25, 0.3) is 6.33 Å². The number of benzene rings is 11. The van der Waals surface area contributed by atoms with Crippen LogP contribution < -0.4 is 9.30 Å². The van der Waals surface area contributed by atoms with Crippen molar-refractivity contribution in [3.8, 4) is 95.5 Å². The number of aryl methyl sites for hydroxylation is 2. The maximum Gasteiger partial charge on any atom is 0.268 e. The topological polar surface area (TPSA) is 49.0 Å². The maximum absolute atomic E-state index is 9.50. The van der Waals surface area contributed by atoms with Crippen LogP contribution in [0, 0.1) is 32.2 Å². The fourth-order valence-electron chi connectivity index (χ4n) is 12.4. The van der Waals surface area contributed by atoms with Gasteiger partial charge in [0, 0.05) is 63.3 Å². The SMILES string of the molecule is [2H]c1c([2H])c([2H])c(-c2cccc3c2-c2cccc(-c4c(C([2H])([2H])[2H])cccc4C([2H])([2H])[2H])c2-[n+]2[c-]n(-c4[c-]c(Oc5[c-]c6c(cc5)c5ccccc5n6-c5cc(C(C)(C)C)ccn5)ccc4)c4cc(-c5ccc6oc7ccccc7c6c5)cc(c42)-c2ccccc2-3)c([2H])c1[2H].[Pt]. The Balaban J connectivity index is 0.00000756. The molecule has 4 aromatic heterocycles. The van der Waals surface area contributed by atoms with Gasteiger partial charge in [-0.1, -0.05) is 184 Å². The molecule has 0 bridgehead atoms. The zero-order chi connectivity index (χ0) is 65.7. The first-order valence-electron chi connectivity index (χ1n) is 33.3. The van der Waals surface area contributed by atoms with Gasteiger partial charge in [-0.05, 0) is 156 Å². The summed E-state index contributed by atoms with van der Waals surface area (Å²) in [6.45, 7) is 0.850. The van der Waals surface area contributed by atoms with Crippen LogP contribution >= 0.6 is 0 Å². The molecule has 1 aliphatic heterocycles. The average Bonchev–Trinajstić information content (AvgIpc) is 1.40. The van der Waals surface area contributed by atoms with E-state index in [0.29, 0.717) is 67.3 Å². The first-order valence-corrected chi connectivity index (χ1v) is 27.8. The standard InChI is InChI=1S/C78H54N4O2.Pt/c1-48-19-15-20-49(2)74(48)64-31-18-32-65-75-57(50-21-7-6-8-22-50)29-17-30-63(75)58-25-9-10-26-59(58)67-42-52(51-35-38-72-66(41-51)62-28-12-14-34-71(62)84-72)43-70-77(67)81(76(64)65)47-80(70)54-23-16-24-55(45-54)83-56-36-37-61-60-27-11-13-33-68(60)82(69(61)46-56)73-44-53(39-40-79-73)78(3,4)5;/h6-44H,1-5H3;/q-2;/i1D3,2D3,6D,7D,8D,21D,22D;. The van der Waals surface area contributed by atoms with Crippen molar-refractivity contribution in [3.05, 3.63) is 272 Å². The monoisotopic (exact) mass is 1280 g/mol. The number of pyridine rings is 1. The third kappa shape index (κ3) is 8.49. The molecule has 0 amide bonds. The van der Waals surface area contributed by atoms with Crippen LogP contribution in [-0.4, -0.2) is 14.1 Å². The molecule has 0 fully saturated rings. The quantitative estimate of drug-likeness (QED) is 0.118. The van der Waals surface area contributed by atoms with Crippen molar-refractivity contribution >= 4 is 54.8 Å². The molecule has 0 unspecified atom stereocenters. The van der Waals surface area contributed by atoms with E-state index >= 15 is 0 Å². The maximum atomic E-state index is 9.50. The molecule has 85 heavy (non-hydrogen) atoms. The van der Waals surface area contributed by atoms with Gasteiger partial charge in [-0.2, -0.15) is 18.2 Å². The van der Waals surface area contributed by atoms with E-state index < -0.39 is 43.9 Å². The second-order valence-electron chi connectivity index (χ2n) is 22.3. The molecule has 15 aromatic rings. The van der Waals surface area contributed by atoms with E-state index in [0.717, 1.165) is 66.2 Å². The van der Waals surface area contributed by atoms with Crippen molar-refractivity contribution in [2.45, 2.75) is 39.9 Å². The summed E-state index contributed by atoms with van der Waals surface area (Å²) in [5, 5.41) is 3.84. The van der Waals surface area contributed by atoms with Gasteiger partial charge in [-0.15, -0.1) is 29.7 Å².